The standard InChI is InChI=1S/C26H32N4O2.CH4S/c31-26(29-15-17-5-7-27-8-6-17)22-14-24-25(28-16-22)30(9-10-32-24)23-12-20(18-1-2-18)11-21(13-23)19-3-4-19;1-2/h11-14,16-19,27H,1-10,15H2,(H,29,31);2H,1H3. The average molecular weight is 481 g/mol. The maximum absolute atomic E-state index is 12.7. The van der Waals surface area contributed by atoms with Gasteiger partial charge in [-0.3, -0.25) is 4.79 Å². The number of aromatic nitrogens is 1. The summed E-state index contributed by atoms with van der Waals surface area (Å²) in [6, 6.07) is 8.99. The number of ether oxygens (including phenoxy) is 1. The molecule has 182 valence electrons. The highest BCUT2D eigenvalue weighted by Crippen LogP contribution is 2.47. The molecule has 0 spiro atoms. The van der Waals surface area contributed by atoms with Crippen LogP contribution in [-0.2, 0) is 0 Å². The molecule has 2 aliphatic heterocycles. The maximum atomic E-state index is 12.7. The van der Waals surface area contributed by atoms with Gasteiger partial charge in [0.1, 0.15) is 6.61 Å². The first-order valence-corrected chi connectivity index (χ1v) is 13.6. The number of carbonyl (C=O) groups excluding carboxylic acids is 1. The summed E-state index contributed by atoms with van der Waals surface area (Å²) in [6.45, 7) is 4.17. The first-order chi connectivity index (χ1) is 16.7. The Morgan fingerprint density at radius 1 is 1.06 bits per heavy atom. The van der Waals surface area contributed by atoms with E-state index in [4.69, 9.17) is 9.72 Å². The van der Waals surface area contributed by atoms with Gasteiger partial charge in [-0.15, -0.1) is 0 Å². The normalized spacial score (nSPS) is 20.0. The van der Waals surface area contributed by atoms with Crippen molar-refractivity contribution in [2.24, 2.45) is 5.92 Å². The second-order valence-electron chi connectivity index (χ2n) is 9.86. The molecule has 6 nitrogen and oxygen atoms in total. The molecule has 1 amide bonds. The minimum atomic E-state index is -0.0636. The van der Waals surface area contributed by atoms with E-state index in [2.05, 4.69) is 46.4 Å². The first kappa shape index (κ1) is 23.5. The Balaban J connectivity index is 0.00000117. The van der Waals surface area contributed by atoms with Crippen LogP contribution in [0.2, 0.25) is 0 Å². The molecule has 0 unspecified atom stereocenters. The molecule has 0 bridgehead atoms. The van der Waals surface area contributed by atoms with Crippen molar-refractivity contribution in [2.75, 3.05) is 43.9 Å². The zero-order valence-electron chi connectivity index (χ0n) is 20.1. The van der Waals surface area contributed by atoms with Crippen molar-refractivity contribution in [3.05, 3.63) is 47.2 Å². The fourth-order valence-electron chi connectivity index (χ4n) is 5.02. The van der Waals surface area contributed by atoms with Gasteiger partial charge in [-0.1, -0.05) is 6.07 Å². The Morgan fingerprint density at radius 3 is 2.38 bits per heavy atom. The van der Waals surface area contributed by atoms with Gasteiger partial charge < -0.3 is 20.3 Å². The third-order valence-electron chi connectivity index (χ3n) is 7.30. The number of hydrogen-bond acceptors (Lipinski definition) is 6. The topological polar surface area (TPSA) is 66.5 Å². The molecule has 1 saturated heterocycles. The third kappa shape index (κ3) is 5.36. The summed E-state index contributed by atoms with van der Waals surface area (Å²) < 4.78 is 5.95. The smallest absolute Gasteiger partial charge is 0.252 e. The van der Waals surface area contributed by atoms with E-state index in [0.717, 1.165) is 56.7 Å². The number of nitrogens with zero attached hydrogens (tertiary/aromatic N) is 2. The molecule has 7 heteroatoms. The molecule has 6 rings (SSSR count). The van der Waals surface area contributed by atoms with Crippen molar-refractivity contribution in [3.8, 4) is 5.75 Å². The van der Waals surface area contributed by atoms with E-state index >= 15 is 0 Å². The van der Waals surface area contributed by atoms with Crippen molar-refractivity contribution < 1.29 is 9.53 Å². The number of benzene rings is 1. The van der Waals surface area contributed by atoms with Crippen molar-refractivity contribution in [1.29, 1.82) is 0 Å². The van der Waals surface area contributed by atoms with Gasteiger partial charge in [0.15, 0.2) is 11.6 Å². The summed E-state index contributed by atoms with van der Waals surface area (Å²) in [6.07, 6.45) is 10.9. The molecule has 0 radical (unpaired) electrons. The number of rotatable bonds is 6. The van der Waals surface area contributed by atoms with Gasteiger partial charge >= 0.3 is 0 Å². The van der Waals surface area contributed by atoms with Crippen LogP contribution in [0.25, 0.3) is 0 Å². The van der Waals surface area contributed by atoms with E-state index in [0.29, 0.717) is 23.8 Å². The Hall–Kier alpha value is -2.25. The monoisotopic (exact) mass is 480 g/mol. The number of fused-ring (bicyclic) bond motifs is 1. The van der Waals surface area contributed by atoms with E-state index in [-0.39, 0.29) is 5.91 Å². The second-order valence-corrected chi connectivity index (χ2v) is 9.86. The lowest BCUT2D eigenvalue weighted by atomic mass is 9.98. The molecule has 2 saturated carbocycles. The van der Waals surface area contributed by atoms with Crippen LogP contribution < -0.4 is 20.3 Å². The molecule has 4 aliphatic rings. The number of hydrogen-bond donors (Lipinski definition) is 3. The molecule has 3 fully saturated rings. The van der Waals surface area contributed by atoms with E-state index in [1.54, 1.807) is 12.5 Å². The minimum absolute atomic E-state index is 0.0636. The van der Waals surface area contributed by atoms with Crippen LogP contribution in [0.5, 0.6) is 5.75 Å². The van der Waals surface area contributed by atoms with Gasteiger partial charge in [-0.05, 0) is 105 Å². The summed E-state index contributed by atoms with van der Waals surface area (Å²) in [7, 11) is 0. The van der Waals surface area contributed by atoms with Gasteiger partial charge in [0.2, 0.25) is 0 Å². The van der Waals surface area contributed by atoms with E-state index in [9.17, 15) is 4.79 Å². The number of thiol groups is 1. The Labute approximate surface area is 208 Å². The number of anilines is 2. The van der Waals surface area contributed by atoms with E-state index < -0.39 is 0 Å². The van der Waals surface area contributed by atoms with Gasteiger partial charge in [0.25, 0.3) is 5.91 Å². The molecule has 1 aromatic heterocycles. The minimum Gasteiger partial charge on any atom is -0.488 e. The quantitative estimate of drug-likeness (QED) is 0.526. The molecular weight excluding hydrogens is 444 g/mol. The summed E-state index contributed by atoms with van der Waals surface area (Å²) in [5.74, 6) is 3.47. The molecule has 34 heavy (non-hydrogen) atoms. The fourth-order valence-corrected chi connectivity index (χ4v) is 5.02. The molecule has 2 aromatic rings. The van der Waals surface area contributed by atoms with Crippen LogP contribution in [0.15, 0.2) is 30.5 Å². The van der Waals surface area contributed by atoms with E-state index in [1.807, 2.05) is 6.07 Å². The lowest BCUT2D eigenvalue weighted by Gasteiger charge is -2.31. The molecule has 2 N–H and O–H groups in total. The summed E-state index contributed by atoms with van der Waals surface area (Å²) in [4.78, 5) is 19.7. The van der Waals surface area contributed by atoms with Crippen LogP contribution in [-0.4, -0.2) is 49.9 Å². The lowest BCUT2D eigenvalue weighted by molar-refractivity contribution is 0.0943. The third-order valence-corrected chi connectivity index (χ3v) is 7.30. The predicted octanol–water partition coefficient (Wildman–Crippen LogP) is 4.64. The van der Waals surface area contributed by atoms with Crippen LogP contribution in [0.3, 0.4) is 0 Å². The fraction of sp³-hybridized carbons (Fsp3) is 0.556. The number of piperidine rings is 1. The summed E-state index contributed by atoms with van der Waals surface area (Å²) in [5, 5.41) is 6.46. The second kappa shape index (κ2) is 10.6. The molecule has 3 heterocycles. The predicted molar refractivity (Wildman–Crippen MR) is 140 cm³/mol. The van der Waals surface area contributed by atoms with Crippen LogP contribution >= 0.6 is 12.6 Å². The van der Waals surface area contributed by atoms with Crippen molar-refractivity contribution in [3.63, 3.8) is 0 Å². The Bertz CT molecular complexity index is 985. The number of pyridine rings is 1. The lowest BCUT2D eigenvalue weighted by Crippen LogP contribution is -2.36. The van der Waals surface area contributed by atoms with E-state index in [1.165, 1.54) is 42.5 Å². The van der Waals surface area contributed by atoms with Crippen molar-refractivity contribution in [2.45, 2.75) is 50.4 Å². The van der Waals surface area contributed by atoms with Crippen LogP contribution in [0, 0.1) is 5.92 Å². The summed E-state index contributed by atoms with van der Waals surface area (Å²) >= 11 is 3.53. The number of carbonyl (C=O) groups is 1. The highest BCUT2D eigenvalue weighted by Gasteiger charge is 2.31. The van der Waals surface area contributed by atoms with Crippen molar-refractivity contribution >= 4 is 30.0 Å². The molecule has 1 aromatic carbocycles. The molecule has 0 atom stereocenters. The highest BCUT2D eigenvalue weighted by atomic mass is 32.1. The zero-order chi connectivity index (χ0) is 23.5. The number of amides is 1. The van der Waals surface area contributed by atoms with Crippen LogP contribution in [0.1, 0.15) is 71.8 Å². The Kier molecular flexibility index (Phi) is 7.30. The molecular formula is C27H36N4O2S. The maximum Gasteiger partial charge on any atom is 0.252 e. The number of nitrogens with one attached hydrogen (secondary N) is 2. The van der Waals surface area contributed by atoms with Crippen LogP contribution in [0.4, 0.5) is 11.5 Å². The average Bonchev–Trinajstić information content (AvgIpc) is 3.81. The van der Waals surface area contributed by atoms with Gasteiger partial charge in [0.05, 0.1) is 12.1 Å². The first-order valence-electron chi connectivity index (χ1n) is 12.7. The Morgan fingerprint density at radius 2 is 1.74 bits per heavy atom. The molecule has 2 aliphatic carbocycles. The zero-order valence-corrected chi connectivity index (χ0v) is 20.9. The van der Waals surface area contributed by atoms with Crippen molar-refractivity contribution in [1.82, 2.24) is 15.6 Å². The highest BCUT2D eigenvalue weighted by molar-refractivity contribution is 7.79. The van der Waals surface area contributed by atoms with Gasteiger partial charge in [0, 0.05) is 18.4 Å². The van der Waals surface area contributed by atoms with Gasteiger partial charge in [-0.25, -0.2) is 4.98 Å². The SMILES string of the molecule is CS.O=C(NCC1CCNCC1)c1cnc2c(c1)OCCN2c1cc(C2CC2)cc(C2CC2)c1. The summed E-state index contributed by atoms with van der Waals surface area (Å²) in [5.41, 5.74) is 4.75. The van der Waals surface area contributed by atoms with Gasteiger partial charge in [-0.2, -0.15) is 12.6 Å². The largest absolute Gasteiger partial charge is 0.488 e.